The zero-order chi connectivity index (χ0) is 18.1. The maximum atomic E-state index is 12.9. The molecule has 2 aliphatic heterocycles. The summed E-state index contributed by atoms with van der Waals surface area (Å²) in [5.74, 6) is 0.870. The van der Waals surface area contributed by atoms with Crippen molar-refractivity contribution in [3.8, 4) is 0 Å². The number of nitrogens with zero attached hydrogens (tertiary/aromatic N) is 4. The molecule has 0 aromatic carbocycles. The van der Waals surface area contributed by atoms with Crippen LogP contribution in [0.4, 0.5) is 0 Å². The highest BCUT2D eigenvalue weighted by Crippen LogP contribution is 2.41. The molecule has 26 heavy (non-hydrogen) atoms. The number of amides is 1. The highest BCUT2D eigenvalue weighted by Gasteiger charge is 2.36. The maximum absolute atomic E-state index is 12.9. The fourth-order valence-electron chi connectivity index (χ4n) is 3.79. The lowest BCUT2D eigenvalue weighted by Gasteiger charge is -2.31. The van der Waals surface area contributed by atoms with Crippen LogP contribution in [0.15, 0.2) is 10.8 Å². The molecule has 1 aromatic heterocycles. The van der Waals surface area contributed by atoms with E-state index in [-0.39, 0.29) is 5.91 Å². The van der Waals surface area contributed by atoms with Crippen LogP contribution >= 0.6 is 0 Å². The summed E-state index contributed by atoms with van der Waals surface area (Å²) < 4.78 is 34.3. The van der Waals surface area contributed by atoms with E-state index in [0.29, 0.717) is 63.1 Å². The second-order valence-corrected chi connectivity index (χ2v) is 9.28. The highest BCUT2D eigenvalue weighted by atomic mass is 32.2. The van der Waals surface area contributed by atoms with Gasteiger partial charge in [-0.3, -0.25) is 4.79 Å². The summed E-state index contributed by atoms with van der Waals surface area (Å²) in [4.78, 5) is 18.7. The fourth-order valence-corrected chi connectivity index (χ4v) is 5.51. The summed E-state index contributed by atoms with van der Waals surface area (Å²) >= 11 is 0. The molecule has 2 saturated heterocycles. The minimum atomic E-state index is -3.43. The summed E-state index contributed by atoms with van der Waals surface area (Å²) in [7, 11) is -3.43. The molecular weight excluding hydrogens is 356 g/mol. The molecule has 0 atom stereocenters. The highest BCUT2D eigenvalue weighted by molar-refractivity contribution is 7.86. The SMILES string of the molecule is O=C(c1ncoc1C1CC1)N1CCCN(S(=O)(=O)N2CCCCC2)CC1. The van der Waals surface area contributed by atoms with Crippen molar-refractivity contribution in [3.63, 3.8) is 0 Å². The standard InChI is InChI=1S/C17H26N4O4S/c22-17(15-16(14-5-6-14)25-13-18-15)19-7-4-10-21(12-11-19)26(23,24)20-8-2-1-3-9-20/h13-14H,1-12H2. The Balaban J connectivity index is 1.43. The molecule has 1 saturated carbocycles. The third-order valence-electron chi connectivity index (χ3n) is 5.46. The monoisotopic (exact) mass is 382 g/mol. The van der Waals surface area contributed by atoms with Crippen LogP contribution in [0.3, 0.4) is 0 Å². The molecule has 0 bridgehead atoms. The van der Waals surface area contributed by atoms with E-state index in [1.54, 1.807) is 9.21 Å². The van der Waals surface area contributed by atoms with Gasteiger partial charge in [-0.25, -0.2) is 4.98 Å². The molecule has 0 spiro atoms. The van der Waals surface area contributed by atoms with Gasteiger partial charge in [0.2, 0.25) is 0 Å². The average molecular weight is 382 g/mol. The minimum absolute atomic E-state index is 0.141. The van der Waals surface area contributed by atoms with Crippen molar-refractivity contribution in [2.24, 2.45) is 0 Å². The Morgan fingerprint density at radius 1 is 0.962 bits per heavy atom. The van der Waals surface area contributed by atoms with Crippen LogP contribution in [-0.4, -0.2) is 72.1 Å². The van der Waals surface area contributed by atoms with Crippen molar-refractivity contribution in [1.29, 1.82) is 0 Å². The first-order chi connectivity index (χ1) is 12.6. The molecule has 3 heterocycles. The van der Waals surface area contributed by atoms with Crippen LogP contribution in [0.25, 0.3) is 0 Å². The largest absolute Gasteiger partial charge is 0.447 e. The van der Waals surface area contributed by atoms with Gasteiger partial charge in [0, 0.05) is 45.2 Å². The zero-order valence-electron chi connectivity index (χ0n) is 15.0. The van der Waals surface area contributed by atoms with Gasteiger partial charge in [-0.15, -0.1) is 0 Å². The molecule has 9 heteroatoms. The Kier molecular flexibility index (Phi) is 5.02. The van der Waals surface area contributed by atoms with E-state index >= 15 is 0 Å². The van der Waals surface area contributed by atoms with Gasteiger partial charge in [-0.05, 0) is 32.1 Å². The summed E-state index contributed by atoms with van der Waals surface area (Å²) in [6.45, 7) is 2.93. The van der Waals surface area contributed by atoms with Crippen molar-refractivity contribution in [2.45, 2.75) is 44.4 Å². The van der Waals surface area contributed by atoms with E-state index in [1.165, 1.54) is 10.7 Å². The van der Waals surface area contributed by atoms with Crippen molar-refractivity contribution in [1.82, 2.24) is 18.5 Å². The van der Waals surface area contributed by atoms with Crippen molar-refractivity contribution < 1.29 is 17.6 Å². The smallest absolute Gasteiger partial charge is 0.282 e. The number of rotatable bonds is 4. The summed E-state index contributed by atoms with van der Waals surface area (Å²) in [5.41, 5.74) is 0.403. The first-order valence-corrected chi connectivity index (χ1v) is 10.9. The normalized spacial score (nSPS) is 23.8. The molecule has 8 nitrogen and oxygen atoms in total. The van der Waals surface area contributed by atoms with Gasteiger partial charge in [0.05, 0.1) is 0 Å². The lowest BCUT2D eigenvalue weighted by Crippen LogP contribution is -2.47. The topological polar surface area (TPSA) is 87.0 Å². The van der Waals surface area contributed by atoms with E-state index in [4.69, 9.17) is 4.42 Å². The van der Waals surface area contributed by atoms with E-state index < -0.39 is 10.2 Å². The summed E-state index contributed by atoms with van der Waals surface area (Å²) in [6, 6.07) is 0. The molecule has 1 aromatic rings. The quantitative estimate of drug-likeness (QED) is 0.786. The predicted molar refractivity (Wildman–Crippen MR) is 94.9 cm³/mol. The third-order valence-corrected chi connectivity index (χ3v) is 7.49. The van der Waals surface area contributed by atoms with Gasteiger partial charge in [0.25, 0.3) is 16.1 Å². The number of piperidine rings is 1. The first-order valence-electron chi connectivity index (χ1n) is 9.55. The third kappa shape index (κ3) is 3.52. The Labute approximate surface area is 154 Å². The number of hydrogen-bond acceptors (Lipinski definition) is 5. The predicted octanol–water partition coefficient (Wildman–Crippen LogP) is 1.43. The van der Waals surface area contributed by atoms with Gasteiger partial charge < -0.3 is 9.32 Å². The molecule has 1 aliphatic carbocycles. The second kappa shape index (κ2) is 7.28. The van der Waals surface area contributed by atoms with Crippen LogP contribution in [0.1, 0.15) is 60.7 Å². The summed E-state index contributed by atoms with van der Waals surface area (Å²) in [6.07, 6.45) is 6.99. The van der Waals surface area contributed by atoms with E-state index in [0.717, 1.165) is 32.1 Å². The van der Waals surface area contributed by atoms with Gasteiger partial charge in [0.15, 0.2) is 12.1 Å². The van der Waals surface area contributed by atoms with Crippen LogP contribution < -0.4 is 0 Å². The molecule has 3 aliphatic rings. The van der Waals surface area contributed by atoms with Crippen LogP contribution in [0.2, 0.25) is 0 Å². The number of carbonyl (C=O) groups is 1. The molecular formula is C17H26N4O4S. The Morgan fingerprint density at radius 2 is 1.65 bits per heavy atom. The van der Waals surface area contributed by atoms with Crippen LogP contribution in [-0.2, 0) is 10.2 Å². The lowest BCUT2D eigenvalue weighted by atomic mass is 10.2. The maximum Gasteiger partial charge on any atom is 0.282 e. The van der Waals surface area contributed by atoms with E-state index in [1.807, 2.05) is 0 Å². The number of carbonyl (C=O) groups excluding carboxylic acids is 1. The fraction of sp³-hybridized carbons (Fsp3) is 0.765. The molecule has 0 unspecified atom stereocenters. The first kappa shape index (κ1) is 17.9. The Morgan fingerprint density at radius 3 is 2.38 bits per heavy atom. The van der Waals surface area contributed by atoms with Gasteiger partial charge in [0.1, 0.15) is 5.76 Å². The van der Waals surface area contributed by atoms with Crippen LogP contribution in [0.5, 0.6) is 0 Å². The minimum Gasteiger partial charge on any atom is -0.447 e. The van der Waals surface area contributed by atoms with Gasteiger partial charge in [-0.1, -0.05) is 6.42 Å². The molecule has 0 N–H and O–H groups in total. The van der Waals surface area contributed by atoms with Gasteiger partial charge in [-0.2, -0.15) is 17.0 Å². The lowest BCUT2D eigenvalue weighted by molar-refractivity contribution is 0.0756. The Bertz CT molecular complexity index is 753. The number of aromatic nitrogens is 1. The molecule has 0 radical (unpaired) electrons. The summed E-state index contributed by atoms with van der Waals surface area (Å²) in [5, 5.41) is 0. The van der Waals surface area contributed by atoms with E-state index in [2.05, 4.69) is 4.98 Å². The Hall–Kier alpha value is -1.45. The van der Waals surface area contributed by atoms with Gasteiger partial charge >= 0.3 is 0 Å². The zero-order valence-corrected chi connectivity index (χ0v) is 15.8. The average Bonchev–Trinajstić information content (AvgIpc) is 3.44. The van der Waals surface area contributed by atoms with Crippen LogP contribution in [0, 0.1) is 0 Å². The second-order valence-electron chi connectivity index (χ2n) is 7.35. The van der Waals surface area contributed by atoms with Crippen molar-refractivity contribution in [2.75, 3.05) is 39.3 Å². The number of hydrogen-bond donors (Lipinski definition) is 0. The molecule has 144 valence electrons. The number of oxazole rings is 1. The molecule has 1 amide bonds. The van der Waals surface area contributed by atoms with Crippen molar-refractivity contribution >= 4 is 16.1 Å². The van der Waals surface area contributed by atoms with Crippen molar-refractivity contribution in [3.05, 3.63) is 17.8 Å². The molecule has 3 fully saturated rings. The molecule has 4 rings (SSSR count). The van der Waals surface area contributed by atoms with E-state index in [9.17, 15) is 13.2 Å².